The van der Waals surface area contributed by atoms with E-state index in [1.807, 2.05) is 39.2 Å². The molecule has 1 atom stereocenters. The number of rotatable bonds is 7. The first-order valence-electron chi connectivity index (χ1n) is 9.36. The standard InChI is InChI=1S/C22H27N5O/c1-14-5-6-18(23-3)12-19(14)17-9-20(16-7-8-25-21(10-16)24-4)27-22(11-17)26-15(2)13-28/h5-12,15,23,28H,13H2,1-4H3,(H,24,25)(H,26,27). The highest BCUT2D eigenvalue weighted by Crippen LogP contribution is 2.32. The van der Waals surface area contributed by atoms with Crippen molar-refractivity contribution in [3.05, 3.63) is 54.2 Å². The van der Waals surface area contributed by atoms with E-state index in [1.54, 1.807) is 6.20 Å². The smallest absolute Gasteiger partial charge is 0.127 e. The van der Waals surface area contributed by atoms with E-state index in [1.165, 1.54) is 5.56 Å². The van der Waals surface area contributed by atoms with E-state index in [9.17, 15) is 5.11 Å². The predicted molar refractivity (Wildman–Crippen MR) is 117 cm³/mol. The average Bonchev–Trinajstić information content (AvgIpc) is 2.73. The van der Waals surface area contributed by atoms with Crippen LogP contribution < -0.4 is 16.0 Å². The molecule has 146 valence electrons. The molecule has 3 aromatic rings. The number of benzene rings is 1. The van der Waals surface area contributed by atoms with E-state index >= 15 is 0 Å². The lowest BCUT2D eigenvalue weighted by Gasteiger charge is -2.16. The summed E-state index contributed by atoms with van der Waals surface area (Å²) >= 11 is 0. The maximum atomic E-state index is 9.43. The van der Waals surface area contributed by atoms with Crippen LogP contribution in [0.5, 0.6) is 0 Å². The Morgan fingerprint density at radius 3 is 2.46 bits per heavy atom. The van der Waals surface area contributed by atoms with Crippen LogP contribution in [-0.4, -0.2) is 41.8 Å². The van der Waals surface area contributed by atoms with Crippen molar-refractivity contribution >= 4 is 17.3 Å². The monoisotopic (exact) mass is 377 g/mol. The number of hydrogen-bond acceptors (Lipinski definition) is 6. The highest BCUT2D eigenvalue weighted by atomic mass is 16.3. The van der Waals surface area contributed by atoms with Crippen molar-refractivity contribution < 1.29 is 5.11 Å². The Bertz CT molecular complexity index is 957. The van der Waals surface area contributed by atoms with Gasteiger partial charge in [0, 0.05) is 37.6 Å². The fraction of sp³-hybridized carbons (Fsp3) is 0.273. The maximum Gasteiger partial charge on any atom is 0.127 e. The summed E-state index contributed by atoms with van der Waals surface area (Å²) in [4.78, 5) is 9.06. The fourth-order valence-electron chi connectivity index (χ4n) is 3.02. The zero-order chi connectivity index (χ0) is 20.1. The van der Waals surface area contributed by atoms with Gasteiger partial charge in [-0.1, -0.05) is 6.07 Å². The molecule has 2 aromatic heterocycles. The second-order valence-corrected chi connectivity index (χ2v) is 6.81. The topological polar surface area (TPSA) is 82.1 Å². The van der Waals surface area contributed by atoms with Crippen LogP contribution >= 0.6 is 0 Å². The SMILES string of the molecule is CNc1ccc(C)c(-c2cc(NC(C)CO)nc(-c3ccnc(NC)c3)c2)c1. The van der Waals surface area contributed by atoms with Gasteiger partial charge in [0.05, 0.1) is 12.3 Å². The molecule has 0 fully saturated rings. The van der Waals surface area contributed by atoms with Crippen LogP contribution in [0.2, 0.25) is 0 Å². The van der Waals surface area contributed by atoms with Crippen molar-refractivity contribution in [1.82, 2.24) is 9.97 Å². The molecule has 0 saturated heterocycles. The van der Waals surface area contributed by atoms with Gasteiger partial charge in [-0.05, 0) is 66.9 Å². The number of nitrogens with zero attached hydrogens (tertiary/aromatic N) is 2. The molecule has 6 nitrogen and oxygen atoms in total. The van der Waals surface area contributed by atoms with Crippen molar-refractivity contribution in [2.75, 3.05) is 36.7 Å². The van der Waals surface area contributed by atoms with Gasteiger partial charge in [0.25, 0.3) is 0 Å². The average molecular weight is 377 g/mol. The number of anilines is 3. The summed E-state index contributed by atoms with van der Waals surface area (Å²) in [5.41, 5.74) is 6.26. The molecule has 0 radical (unpaired) electrons. The molecule has 1 unspecified atom stereocenters. The minimum atomic E-state index is -0.0920. The predicted octanol–water partition coefficient (Wildman–Crippen LogP) is 4.00. The first-order chi connectivity index (χ1) is 13.5. The molecule has 2 heterocycles. The first-order valence-corrected chi connectivity index (χ1v) is 9.36. The summed E-state index contributed by atoms with van der Waals surface area (Å²) in [5, 5.41) is 19.0. The van der Waals surface area contributed by atoms with Crippen LogP contribution in [0.25, 0.3) is 22.4 Å². The minimum absolute atomic E-state index is 0.0364. The Balaban J connectivity index is 2.15. The van der Waals surface area contributed by atoms with E-state index in [-0.39, 0.29) is 12.6 Å². The van der Waals surface area contributed by atoms with Gasteiger partial charge in [0.15, 0.2) is 0 Å². The van der Waals surface area contributed by atoms with Gasteiger partial charge >= 0.3 is 0 Å². The fourth-order valence-corrected chi connectivity index (χ4v) is 3.02. The molecular formula is C22H27N5O. The Morgan fingerprint density at radius 2 is 1.75 bits per heavy atom. The van der Waals surface area contributed by atoms with E-state index in [0.29, 0.717) is 0 Å². The highest BCUT2D eigenvalue weighted by Gasteiger charge is 2.11. The lowest BCUT2D eigenvalue weighted by molar-refractivity contribution is 0.281. The van der Waals surface area contributed by atoms with Crippen LogP contribution in [0.1, 0.15) is 12.5 Å². The number of pyridine rings is 2. The van der Waals surface area contributed by atoms with Gasteiger partial charge in [0.2, 0.25) is 0 Å². The van der Waals surface area contributed by atoms with Gasteiger partial charge in [0.1, 0.15) is 11.6 Å². The van der Waals surface area contributed by atoms with E-state index in [0.717, 1.165) is 39.7 Å². The summed E-state index contributed by atoms with van der Waals surface area (Å²) in [6.07, 6.45) is 1.77. The second-order valence-electron chi connectivity index (χ2n) is 6.81. The van der Waals surface area contributed by atoms with Crippen LogP contribution in [0.4, 0.5) is 17.3 Å². The molecule has 0 aliphatic carbocycles. The number of aliphatic hydroxyl groups is 1. The molecule has 0 aliphatic rings. The molecule has 0 amide bonds. The summed E-state index contributed by atoms with van der Waals surface area (Å²) in [6, 6.07) is 14.3. The van der Waals surface area contributed by atoms with Crippen molar-refractivity contribution in [3.63, 3.8) is 0 Å². The largest absolute Gasteiger partial charge is 0.394 e. The van der Waals surface area contributed by atoms with Crippen molar-refractivity contribution in [3.8, 4) is 22.4 Å². The van der Waals surface area contributed by atoms with Gasteiger partial charge in [-0.25, -0.2) is 9.97 Å². The molecule has 0 aliphatic heterocycles. The molecule has 3 rings (SSSR count). The minimum Gasteiger partial charge on any atom is -0.394 e. The third kappa shape index (κ3) is 4.40. The summed E-state index contributed by atoms with van der Waals surface area (Å²) < 4.78 is 0. The molecule has 0 bridgehead atoms. The van der Waals surface area contributed by atoms with Crippen LogP contribution in [0.15, 0.2) is 48.7 Å². The van der Waals surface area contributed by atoms with Crippen LogP contribution in [0.3, 0.4) is 0 Å². The molecule has 28 heavy (non-hydrogen) atoms. The Kier molecular flexibility index (Phi) is 6.11. The highest BCUT2D eigenvalue weighted by molar-refractivity contribution is 5.78. The van der Waals surface area contributed by atoms with Crippen molar-refractivity contribution in [2.45, 2.75) is 19.9 Å². The number of aryl methyl sites for hydroxylation is 1. The molecule has 0 saturated carbocycles. The van der Waals surface area contributed by atoms with E-state index in [2.05, 4.69) is 52.1 Å². The van der Waals surface area contributed by atoms with Gasteiger partial charge in [-0.2, -0.15) is 0 Å². The quantitative estimate of drug-likeness (QED) is 0.498. The van der Waals surface area contributed by atoms with Crippen LogP contribution in [-0.2, 0) is 0 Å². The summed E-state index contributed by atoms with van der Waals surface area (Å²) in [5.74, 6) is 1.52. The molecule has 0 spiro atoms. The Hall–Kier alpha value is -3.12. The first kappa shape index (κ1) is 19.6. The van der Waals surface area contributed by atoms with Crippen LogP contribution in [0, 0.1) is 6.92 Å². The number of aromatic nitrogens is 2. The Labute approximate surface area is 166 Å². The Morgan fingerprint density at radius 1 is 0.964 bits per heavy atom. The molecular weight excluding hydrogens is 350 g/mol. The van der Waals surface area contributed by atoms with Crippen molar-refractivity contribution in [2.24, 2.45) is 0 Å². The number of nitrogens with one attached hydrogen (secondary N) is 3. The van der Waals surface area contributed by atoms with Gasteiger partial charge in [-0.3, -0.25) is 0 Å². The van der Waals surface area contributed by atoms with Gasteiger partial charge < -0.3 is 21.1 Å². The molecule has 1 aromatic carbocycles. The zero-order valence-corrected chi connectivity index (χ0v) is 16.7. The van der Waals surface area contributed by atoms with Gasteiger partial charge in [-0.15, -0.1) is 0 Å². The molecule has 6 heteroatoms. The second kappa shape index (κ2) is 8.71. The zero-order valence-electron chi connectivity index (χ0n) is 16.7. The number of hydrogen-bond donors (Lipinski definition) is 4. The lowest BCUT2D eigenvalue weighted by atomic mass is 9.98. The summed E-state index contributed by atoms with van der Waals surface area (Å²) in [6.45, 7) is 4.06. The van der Waals surface area contributed by atoms with E-state index in [4.69, 9.17) is 4.98 Å². The normalized spacial score (nSPS) is 11.8. The summed E-state index contributed by atoms with van der Waals surface area (Å²) in [7, 11) is 3.76. The third-order valence-corrected chi connectivity index (χ3v) is 4.64. The van der Waals surface area contributed by atoms with Crippen molar-refractivity contribution in [1.29, 1.82) is 0 Å². The number of aliphatic hydroxyl groups excluding tert-OH is 1. The van der Waals surface area contributed by atoms with E-state index < -0.39 is 0 Å². The lowest BCUT2D eigenvalue weighted by Crippen LogP contribution is -2.20. The molecule has 4 N–H and O–H groups in total. The third-order valence-electron chi connectivity index (χ3n) is 4.64. The maximum absolute atomic E-state index is 9.43.